The molecule has 1 unspecified atom stereocenters. The maximum absolute atomic E-state index is 12.9. The van der Waals surface area contributed by atoms with Crippen LogP contribution in [0.5, 0.6) is 0 Å². The molecule has 3 heterocycles. The van der Waals surface area contributed by atoms with Gasteiger partial charge >= 0.3 is 5.97 Å². The first-order valence-corrected chi connectivity index (χ1v) is 10.7. The van der Waals surface area contributed by atoms with Crippen LogP contribution >= 0.6 is 0 Å². The number of piperidine rings is 1. The number of cyclic esters (lactones) is 1. The largest absolute Gasteiger partial charge is 0.483 e. The average molecular weight is 443 g/mol. The van der Waals surface area contributed by atoms with Gasteiger partial charge in [-0.1, -0.05) is 30.3 Å². The van der Waals surface area contributed by atoms with Crippen molar-refractivity contribution in [2.24, 2.45) is 5.41 Å². The minimum absolute atomic E-state index is 0.0425. The summed E-state index contributed by atoms with van der Waals surface area (Å²) in [6.07, 6.45) is 5.63. The maximum atomic E-state index is 12.9. The number of likely N-dealkylation sites (N-methyl/N-ethyl adjacent to an activating group) is 1. The molecule has 1 amide bonds. The lowest BCUT2D eigenvalue weighted by Gasteiger charge is -2.36. The minimum Gasteiger partial charge on any atom is -0.483 e. The van der Waals surface area contributed by atoms with Gasteiger partial charge in [-0.3, -0.25) is 14.4 Å². The predicted molar refractivity (Wildman–Crippen MR) is 118 cm³/mol. The Bertz CT molecular complexity index is 919. The molecule has 1 atom stereocenters. The number of amides is 1. The summed E-state index contributed by atoms with van der Waals surface area (Å²) in [5.41, 5.74) is 0.574. The Kier molecular flexibility index (Phi) is 7.63. The molecule has 1 aromatic carbocycles. The SMILES string of the molecule is CN(C)CC1CC2(CCN(C(=O)Cn3ccnc3-c3ccccc3)CC2)C(=O)O1.O=CO. The number of imidazole rings is 1. The molecule has 0 radical (unpaired) electrons. The Balaban J connectivity index is 0.000000913. The zero-order valence-corrected chi connectivity index (χ0v) is 18.5. The van der Waals surface area contributed by atoms with E-state index in [-0.39, 0.29) is 31.0 Å². The minimum atomic E-state index is -0.415. The van der Waals surface area contributed by atoms with Gasteiger partial charge in [-0.15, -0.1) is 0 Å². The third-order valence-electron chi connectivity index (χ3n) is 6.02. The Hall–Kier alpha value is -3.20. The van der Waals surface area contributed by atoms with Crippen LogP contribution in [0.1, 0.15) is 19.3 Å². The molecular formula is C23H30N4O5. The summed E-state index contributed by atoms with van der Waals surface area (Å²) in [7, 11) is 3.97. The normalized spacial score (nSPS) is 19.4. The summed E-state index contributed by atoms with van der Waals surface area (Å²) in [4.78, 5) is 42.1. The first kappa shape index (κ1) is 23.5. The van der Waals surface area contributed by atoms with E-state index in [1.165, 1.54) is 0 Å². The lowest BCUT2D eigenvalue weighted by molar-refractivity contribution is -0.152. The zero-order chi connectivity index (χ0) is 23.1. The fourth-order valence-electron chi connectivity index (χ4n) is 4.47. The van der Waals surface area contributed by atoms with Crippen molar-refractivity contribution in [3.8, 4) is 11.4 Å². The number of esters is 1. The number of rotatable bonds is 5. The van der Waals surface area contributed by atoms with Gasteiger partial charge < -0.3 is 24.2 Å². The molecule has 2 fully saturated rings. The lowest BCUT2D eigenvalue weighted by atomic mass is 9.76. The van der Waals surface area contributed by atoms with Crippen LogP contribution in [0.4, 0.5) is 0 Å². The summed E-state index contributed by atoms with van der Waals surface area (Å²) < 4.78 is 7.50. The third kappa shape index (κ3) is 5.34. The van der Waals surface area contributed by atoms with Crippen LogP contribution in [0, 0.1) is 5.41 Å². The first-order chi connectivity index (χ1) is 15.4. The van der Waals surface area contributed by atoms with Gasteiger partial charge in [0, 0.05) is 44.0 Å². The first-order valence-electron chi connectivity index (χ1n) is 10.7. The number of nitrogens with zero attached hydrogens (tertiary/aromatic N) is 4. The van der Waals surface area contributed by atoms with E-state index in [0.717, 1.165) is 24.4 Å². The molecule has 1 spiro atoms. The molecule has 2 aliphatic rings. The molecule has 0 saturated carbocycles. The monoisotopic (exact) mass is 442 g/mol. The van der Waals surface area contributed by atoms with E-state index in [0.29, 0.717) is 25.9 Å². The van der Waals surface area contributed by atoms with Gasteiger partial charge in [-0.25, -0.2) is 4.98 Å². The van der Waals surface area contributed by atoms with E-state index in [9.17, 15) is 9.59 Å². The van der Waals surface area contributed by atoms with E-state index >= 15 is 0 Å². The van der Waals surface area contributed by atoms with Gasteiger partial charge in [0.1, 0.15) is 18.5 Å². The molecule has 9 nitrogen and oxygen atoms in total. The Morgan fingerprint density at radius 1 is 1.28 bits per heavy atom. The number of aromatic nitrogens is 2. The van der Waals surface area contributed by atoms with Crippen molar-refractivity contribution in [1.29, 1.82) is 0 Å². The number of hydrogen-bond donors (Lipinski definition) is 1. The highest BCUT2D eigenvalue weighted by atomic mass is 16.6. The Labute approximate surface area is 187 Å². The van der Waals surface area contributed by atoms with Crippen LogP contribution in [-0.2, 0) is 25.7 Å². The molecule has 2 saturated heterocycles. The van der Waals surface area contributed by atoms with Crippen LogP contribution in [0.15, 0.2) is 42.7 Å². The highest BCUT2D eigenvalue weighted by Gasteiger charge is 2.50. The van der Waals surface area contributed by atoms with Gasteiger partial charge in [-0.05, 0) is 26.9 Å². The number of carboxylic acid groups (broad SMARTS) is 1. The van der Waals surface area contributed by atoms with Crippen molar-refractivity contribution < 1.29 is 24.2 Å². The lowest BCUT2D eigenvalue weighted by Crippen LogP contribution is -2.46. The average Bonchev–Trinajstić information content (AvgIpc) is 3.33. The van der Waals surface area contributed by atoms with Crippen LogP contribution in [0.25, 0.3) is 11.4 Å². The quantitative estimate of drug-likeness (QED) is 0.555. The Morgan fingerprint density at radius 2 is 1.94 bits per heavy atom. The predicted octanol–water partition coefficient (Wildman–Crippen LogP) is 1.74. The topological polar surface area (TPSA) is 105 Å². The molecule has 1 N–H and O–H groups in total. The number of hydrogen-bond acceptors (Lipinski definition) is 6. The summed E-state index contributed by atoms with van der Waals surface area (Å²) in [5, 5.41) is 6.89. The second kappa shape index (κ2) is 10.4. The highest BCUT2D eigenvalue weighted by molar-refractivity contribution is 5.81. The molecule has 172 valence electrons. The van der Waals surface area contributed by atoms with Crippen LogP contribution in [0.3, 0.4) is 0 Å². The van der Waals surface area contributed by atoms with Crippen LogP contribution in [-0.4, -0.2) is 82.6 Å². The maximum Gasteiger partial charge on any atom is 0.312 e. The second-order valence-corrected chi connectivity index (χ2v) is 8.50. The van der Waals surface area contributed by atoms with E-state index in [1.54, 1.807) is 6.20 Å². The van der Waals surface area contributed by atoms with Crippen LogP contribution in [0.2, 0.25) is 0 Å². The number of benzene rings is 1. The van der Waals surface area contributed by atoms with E-state index < -0.39 is 5.41 Å². The van der Waals surface area contributed by atoms with Gasteiger partial charge in [0.15, 0.2) is 0 Å². The fraction of sp³-hybridized carbons (Fsp3) is 0.478. The molecule has 4 rings (SSSR count). The summed E-state index contributed by atoms with van der Waals surface area (Å²) in [5.74, 6) is 0.766. The molecule has 9 heteroatoms. The summed E-state index contributed by atoms with van der Waals surface area (Å²) in [6.45, 7) is 1.94. The number of carbonyl (C=O) groups excluding carboxylic acids is 2. The molecule has 32 heavy (non-hydrogen) atoms. The van der Waals surface area contributed by atoms with Crippen molar-refractivity contribution in [3.05, 3.63) is 42.7 Å². The summed E-state index contributed by atoms with van der Waals surface area (Å²) >= 11 is 0. The van der Waals surface area contributed by atoms with Gasteiger partial charge in [0.05, 0.1) is 5.41 Å². The van der Waals surface area contributed by atoms with Crippen molar-refractivity contribution >= 4 is 18.3 Å². The van der Waals surface area contributed by atoms with E-state index in [2.05, 4.69) is 4.98 Å². The van der Waals surface area contributed by atoms with Gasteiger partial charge in [0.25, 0.3) is 6.47 Å². The number of ether oxygens (including phenoxy) is 1. The second-order valence-electron chi connectivity index (χ2n) is 8.50. The number of carbonyl (C=O) groups is 3. The molecular weight excluding hydrogens is 412 g/mol. The van der Waals surface area contributed by atoms with E-state index in [1.807, 2.05) is 65.0 Å². The third-order valence-corrected chi connectivity index (χ3v) is 6.02. The highest BCUT2D eigenvalue weighted by Crippen LogP contribution is 2.43. The van der Waals surface area contributed by atoms with Gasteiger partial charge in [0.2, 0.25) is 5.91 Å². The molecule has 2 aromatic rings. The summed E-state index contributed by atoms with van der Waals surface area (Å²) in [6, 6.07) is 9.87. The smallest absolute Gasteiger partial charge is 0.312 e. The standard InChI is InChI=1S/C22H28N4O3.CH2O2/c1-24(2)15-18-14-22(21(28)29-18)8-11-25(12-9-22)19(27)16-26-13-10-23-20(26)17-6-4-3-5-7-17;2-1-3/h3-7,10,13,18H,8-9,11-12,14-16H2,1-2H3;1H,(H,2,3). The van der Waals surface area contributed by atoms with Crippen molar-refractivity contribution in [3.63, 3.8) is 0 Å². The molecule has 0 bridgehead atoms. The van der Waals surface area contributed by atoms with Crippen LogP contribution < -0.4 is 0 Å². The molecule has 1 aromatic heterocycles. The van der Waals surface area contributed by atoms with Gasteiger partial charge in [-0.2, -0.15) is 0 Å². The number of likely N-dealkylation sites (tertiary alicyclic amines) is 1. The molecule has 0 aliphatic carbocycles. The van der Waals surface area contributed by atoms with Crippen molar-refractivity contribution in [2.75, 3.05) is 33.7 Å². The Morgan fingerprint density at radius 3 is 2.56 bits per heavy atom. The fourth-order valence-corrected chi connectivity index (χ4v) is 4.47. The molecule has 2 aliphatic heterocycles. The van der Waals surface area contributed by atoms with Crippen molar-refractivity contribution in [1.82, 2.24) is 19.4 Å². The van der Waals surface area contributed by atoms with E-state index in [4.69, 9.17) is 14.6 Å². The van der Waals surface area contributed by atoms with Crippen molar-refractivity contribution in [2.45, 2.75) is 31.9 Å². The zero-order valence-electron chi connectivity index (χ0n) is 18.5.